The molecule has 2 atom stereocenters. The van der Waals surface area contributed by atoms with E-state index in [1.165, 1.54) is 24.3 Å². The summed E-state index contributed by atoms with van der Waals surface area (Å²) >= 11 is 0. The molecule has 0 saturated carbocycles. The van der Waals surface area contributed by atoms with Crippen molar-refractivity contribution in [2.24, 2.45) is 0 Å². The number of nitrogens with one attached hydrogen (secondary N) is 2. The van der Waals surface area contributed by atoms with Gasteiger partial charge in [0.25, 0.3) is 0 Å². The van der Waals surface area contributed by atoms with Gasteiger partial charge in [-0.3, -0.25) is 9.59 Å². The zero-order valence-corrected chi connectivity index (χ0v) is 18.8. The number of carboxylic acid groups (broad SMARTS) is 1. The van der Waals surface area contributed by atoms with Gasteiger partial charge in [0, 0.05) is 29.2 Å². The Morgan fingerprint density at radius 1 is 0.943 bits per heavy atom. The van der Waals surface area contributed by atoms with Gasteiger partial charge in [-0.2, -0.15) is 0 Å². The number of hydrogen-bond acceptors (Lipinski definition) is 5. The maximum absolute atomic E-state index is 13.5. The molecule has 0 spiro atoms. The molecule has 8 heteroatoms. The number of rotatable bonds is 9. The molecule has 4 rings (SSSR count). The molecule has 5 N–H and O–H groups in total. The Morgan fingerprint density at radius 3 is 2.34 bits per heavy atom. The number of benzene rings is 3. The summed E-state index contributed by atoms with van der Waals surface area (Å²) in [5.41, 5.74) is 8.87. The second-order valence-electron chi connectivity index (χ2n) is 8.16. The first kappa shape index (κ1) is 23.6. The van der Waals surface area contributed by atoms with Gasteiger partial charge in [-0.25, -0.2) is 4.79 Å². The maximum atomic E-state index is 13.5. The third-order valence-corrected chi connectivity index (χ3v) is 5.75. The Balaban J connectivity index is 1.60. The third kappa shape index (κ3) is 5.67. The van der Waals surface area contributed by atoms with Gasteiger partial charge in [-0.1, -0.05) is 60.7 Å². The lowest BCUT2D eigenvalue weighted by Gasteiger charge is -2.21. The van der Waals surface area contributed by atoms with Crippen molar-refractivity contribution in [2.75, 3.05) is 5.73 Å². The summed E-state index contributed by atoms with van der Waals surface area (Å²) in [5, 5.41) is 13.4. The van der Waals surface area contributed by atoms with Crippen molar-refractivity contribution in [2.45, 2.75) is 25.0 Å². The summed E-state index contributed by atoms with van der Waals surface area (Å²) in [6, 6.07) is 21.6. The van der Waals surface area contributed by atoms with Crippen molar-refractivity contribution < 1.29 is 24.2 Å². The van der Waals surface area contributed by atoms with E-state index in [0.29, 0.717) is 5.69 Å². The van der Waals surface area contributed by atoms with Crippen LogP contribution in [0.25, 0.3) is 10.9 Å². The van der Waals surface area contributed by atoms with Crippen molar-refractivity contribution in [3.63, 3.8) is 0 Å². The number of aromatic amines is 1. The second kappa shape index (κ2) is 10.6. The van der Waals surface area contributed by atoms with Gasteiger partial charge in [-0.15, -0.1) is 0 Å². The first-order chi connectivity index (χ1) is 16.9. The summed E-state index contributed by atoms with van der Waals surface area (Å²) < 4.78 is 5.30. The van der Waals surface area contributed by atoms with Gasteiger partial charge >= 0.3 is 12.1 Å². The van der Waals surface area contributed by atoms with E-state index in [1.54, 1.807) is 6.20 Å². The molecular formula is C27H25N3O5. The van der Waals surface area contributed by atoms with Gasteiger partial charge < -0.3 is 25.9 Å². The SMILES string of the molecule is Nc1ccc(C(C(=O)O)C(=O)[C@H](Cc2c[nH]c3ccccc23)NC(=O)OCc2ccccc2)cc1. The number of ether oxygens (including phenoxy) is 1. The van der Waals surface area contributed by atoms with E-state index in [2.05, 4.69) is 10.3 Å². The average Bonchev–Trinajstić information content (AvgIpc) is 3.27. The second-order valence-corrected chi connectivity index (χ2v) is 8.16. The zero-order chi connectivity index (χ0) is 24.8. The molecule has 0 aliphatic carbocycles. The Morgan fingerprint density at radius 2 is 1.63 bits per heavy atom. The van der Waals surface area contributed by atoms with Crippen LogP contribution in [0.5, 0.6) is 0 Å². The van der Waals surface area contributed by atoms with Crippen LogP contribution in [-0.4, -0.2) is 34.0 Å². The van der Waals surface area contributed by atoms with Gasteiger partial charge in [-0.05, 0) is 34.9 Å². The molecule has 0 aliphatic rings. The van der Waals surface area contributed by atoms with E-state index in [0.717, 1.165) is 22.0 Å². The van der Waals surface area contributed by atoms with Crippen LogP contribution < -0.4 is 11.1 Å². The number of carboxylic acids is 1. The fourth-order valence-electron chi connectivity index (χ4n) is 3.97. The number of aromatic nitrogens is 1. The number of anilines is 1. The minimum absolute atomic E-state index is 0.0149. The molecule has 1 unspecified atom stereocenters. The monoisotopic (exact) mass is 471 g/mol. The lowest BCUT2D eigenvalue weighted by atomic mass is 9.88. The van der Waals surface area contributed by atoms with E-state index in [9.17, 15) is 19.5 Å². The smallest absolute Gasteiger partial charge is 0.408 e. The van der Waals surface area contributed by atoms with Crippen LogP contribution in [0.4, 0.5) is 10.5 Å². The number of hydrogen-bond donors (Lipinski definition) is 4. The number of aliphatic carboxylic acids is 1. The number of Topliss-reactive ketones (excluding diaryl/α,β-unsaturated/α-hetero) is 1. The number of para-hydroxylation sites is 1. The molecule has 1 heterocycles. The molecule has 0 fully saturated rings. The van der Waals surface area contributed by atoms with E-state index < -0.39 is 29.8 Å². The van der Waals surface area contributed by atoms with Gasteiger partial charge in [0.05, 0.1) is 6.04 Å². The molecule has 1 aromatic heterocycles. The lowest BCUT2D eigenvalue weighted by Crippen LogP contribution is -2.46. The number of fused-ring (bicyclic) bond motifs is 1. The van der Waals surface area contributed by atoms with Crippen molar-refractivity contribution in [3.8, 4) is 0 Å². The number of amides is 1. The highest BCUT2D eigenvalue weighted by Crippen LogP contribution is 2.24. The number of carbonyl (C=O) groups excluding carboxylic acids is 2. The van der Waals surface area contributed by atoms with Crippen molar-refractivity contribution in [3.05, 3.63) is 102 Å². The first-order valence-corrected chi connectivity index (χ1v) is 11.1. The summed E-state index contributed by atoms with van der Waals surface area (Å²) in [6.07, 6.45) is 1.02. The predicted octanol–water partition coefficient (Wildman–Crippen LogP) is 4.03. The number of alkyl carbamates (subject to hydrolysis) is 1. The zero-order valence-electron chi connectivity index (χ0n) is 18.8. The summed E-state index contributed by atoms with van der Waals surface area (Å²) in [4.78, 5) is 41.5. The van der Waals surface area contributed by atoms with Crippen LogP contribution in [0.1, 0.15) is 22.6 Å². The van der Waals surface area contributed by atoms with Crippen molar-refractivity contribution in [1.82, 2.24) is 10.3 Å². The Labute approximate surface area is 201 Å². The summed E-state index contributed by atoms with van der Waals surface area (Å²) in [7, 11) is 0. The van der Waals surface area contributed by atoms with Crippen LogP contribution in [-0.2, 0) is 27.4 Å². The molecule has 0 aliphatic heterocycles. The van der Waals surface area contributed by atoms with E-state index >= 15 is 0 Å². The van der Waals surface area contributed by atoms with Crippen LogP contribution in [0.2, 0.25) is 0 Å². The topological polar surface area (TPSA) is 135 Å². The number of ketones is 1. The molecule has 0 radical (unpaired) electrons. The summed E-state index contributed by atoms with van der Waals surface area (Å²) in [5.74, 6) is -3.47. The molecule has 4 aromatic rings. The highest BCUT2D eigenvalue weighted by molar-refractivity contribution is 6.07. The van der Waals surface area contributed by atoms with Crippen LogP contribution in [0.3, 0.4) is 0 Å². The van der Waals surface area contributed by atoms with Crippen LogP contribution >= 0.6 is 0 Å². The van der Waals surface area contributed by atoms with Gasteiger partial charge in [0.1, 0.15) is 12.5 Å². The fourth-order valence-corrected chi connectivity index (χ4v) is 3.97. The highest BCUT2D eigenvalue weighted by Gasteiger charge is 2.35. The minimum Gasteiger partial charge on any atom is -0.480 e. The number of nitrogen functional groups attached to an aromatic ring is 1. The Hall–Kier alpha value is -4.59. The normalized spacial score (nSPS) is 12.6. The third-order valence-electron chi connectivity index (χ3n) is 5.75. The number of carbonyl (C=O) groups is 3. The van der Waals surface area contributed by atoms with Crippen LogP contribution in [0, 0.1) is 0 Å². The number of H-pyrrole nitrogens is 1. The van der Waals surface area contributed by atoms with Crippen molar-refractivity contribution in [1.29, 1.82) is 0 Å². The minimum atomic E-state index is -1.49. The standard InChI is InChI=1S/C27H25N3O5/c28-20-12-10-18(11-13-20)24(26(32)33)25(31)23(14-19-15-29-22-9-5-4-8-21(19)22)30-27(34)35-16-17-6-2-1-3-7-17/h1-13,15,23-24,29H,14,16,28H2,(H,30,34)(H,32,33)/t23-,24?/m0/s1. The van der Waals surface area contributed by atoms with E-state index in [4.69, 9.17) is 10.5 Å². The molecule has 3 aromatic carbocycles. The Kier molecular flexibility index (Phi) is 7.11. The maximum Gasteiger partial charge on any atom is 0.408 e. The molecule has 1 amide bonds. The van der Waals surface area contributed by atoms with Gasteiger partial charge in [0.2, 0.25) is 0 Å². The van der Waals surface area contributed by atoms with Crippen LogP contribution in [0.15, 0.2) is 85.1 Å². The van der Waals surface area contributed by atoms with E-state index in [-0.39, 0.29) is 18.6 Å². The fraction of sp³-hybridized carbons (Fsp3) is 0.148. The highest BCUT2D eigenvalue weighted by atomic mass is 16.5. The molecule has 35 heavy (non-hydrogen) atoms. The molecule has 0 bridgehead atoms. The predicted molar refractivity (Wildman–Crippen MR) is 132 cm³/mol. The first-order valence-electron chi connectivity index (χ1n) is 11.1. The largest absolute Gasteiger partial charge is 0.480 e. The Bertz CT molecular complexity index is 1330. The average molecular weight is 472 g/mol. The molecule has 8 nitrogen and oxygen atoms in total. The molecular weight excluding hydrogens is 446 g/mol. The number of nitrogens with two attached hydrogens (primary N) is 1. The molecule has 0 saturated heterocycles. The molecule has 178 valence electrons. The van der Waals surface area contributed by atoms with Crippen molar-refractivity contribution >= 4 is 34.4 Å². The van der Waals surface area contributed by atoms with E-state index in [1.807, 2.05) is 54.6 Å². The quantitative estimate of drug-likeness (QED) is 0.215. The summed E-state index contributed by atoms with van der Waals surface area (Å²) in [6.45, 7) is 0.0149. The lowest BCUT2D eigenvalue weighted by molar-refractivity contribution is -0.143. The van der Waals surface area contributed by atoms with Gasteiger partial charge in [0.15, 0.2) is 5.78 Å².